The van der Waals surface area contributed by atoms with Gasteiger partial charge in [-0.2, -0.15) is 0 Å². The van der Waals surface area contributed by atoms with E-state index in [1.54, 1.807) is 48.2 Å². The number of carbonyl (C=O) groups is 3. The minimum absolute atomic E-state index is 0.0339. The van der Waals surface area contributed by atoms with E-state index in [2.05, 4.69) is 4.90 Å². The van der Waals surface area contributed by atoms with Crippen molar-refractivity contribution >= 4 is 17.5 Å². The predicted molar refractivity (Wildman–Crippen MR) is 156 cm³/mol. The van der Waals surface area contributed by atoms with E-state index in [1.807, 2.05) is 11.9 Å². The molecule has 42 heavy (non-hydrogen) atoms. The zero-order valence-electron chi connectivity index (χ0n) is 23.9. The number of benzene rings is 3. The van der Waals surface area contributed by atoms with E-state index in [9.17, 15) is 29.0 Å². The van der Waals surface area contributed by atoms with E-state index in [-0.39, 0.29) is 59.7 Å². The van der Waals surface area contributed by atoms with Crippen LogP contribution in [0.2, 0.25) is 0 Å². The number of Topliss-reactive ketones (excluding diaryl/α,β-unsaturated/α-hetero) is 2. The fraction of sp³-hybridized carbons (Fsp3) is 0.364. The minimum Gasteiger partial charge on any atom is -0.508 e. The summed E-state index contributed by atoms with van der Waals surface area (Å²) in [6.45, 7) is 4.77. The molecular formula is C33H36FN3O5. The van der Waals surface area contributed by atoms with Crippen molar-refractivity contribution in [2.24, 2.45) is 11.8 Å². The number of nitrogens with zero attached hydrogens (tertiary/aromatic N) is 3. The molecule has 0 spiro atoms. The second kappa shape index (κ2) is 12.4. The van der Waals surface area contributed by atoms with Crippen LogP contribution in [0.4, 0.5) is 4.39 Å². The maximum absolute atomic E-state index is 14.9. The lowest BCUT2D eigenvalue weighted by atomic mass is 9.67. The molecule has 1 amide bonds. The second-order valence-corrected chi connectivity index (χ2v) is 11.4. The van der Waals surface area contributed by atoms with Gasteiger partial charge in [0.15, 0.2) is 11.6 Å². The molecule has 2 N–H and O–H groups in total. The SMILES string of the molecule is Cc1c(F)cccc1C1C(C(=O)c2cccc(O)c2)CN(CC(=O)N2CCN(C)CC2)CC1C(=O)c1cccc(O)c1. The van der Waals surface area contributed by atoms with Crippen LogP contribution in [-0.4, -0.2) is 95.2 Å². The third-order valence-electron chi connectivity index (χ3n) is 8.60. The molecule has 3 aromatic carbocycles. The molecule has 9 heteroatoms. The van der Waals surface area contributed by atoms with Gasteiger partial charge >= 0.3 is 0 Å². The number of phenolic OH excluding ortho intramolecular Hbond substituents is 2. The Balaban J connectivity index is 1.57. The van der Waals surface area contributed by atoms with Gasteiger partial charge in [-0.1, -0.05) is 36.4 Å². The summed E-state index contributed by atoms with van der Waals surface area (Å²) >= 11 is 0. The number of carbonyl (C=O) groups excluding carboxylic acids is 3. The summed E-state index contributed by atoms with van der Waals surface area (Å²) in [4.78, 5) is 47.6. The lowest BCUT2D eigenvalue weighted by Crippen LogP contribution is -2.55. The topological polar surface area (TPSA) is 101 Å². The molecule has 2 saturated heterocycles. The molecule has 0 bridgehead atoms. The summed E-state index contributed by atoms with van der Waals surface area (Å²) in [5.41, 5.74) is 1.45. The molecule has 2 aliphatic rings. The molecule has 3 aromatic rings. The quantitative estimate of drug-likeness (QED) is 0.416. The van der Waals surface area contributed by atoms with Crippen LogP contribution >= 0.6 is 0 Å². The standard InChI is InChI=1S/C33H36FN3O5/c1-21-26(10-5-11-29(21)34)31-27(32(41)22-6-3-8-24(38)16-22)18-36(20-30(40)37-14-12-35(2)13-15-37)19-28(31)33(42)23-7-4-9-25(39)17-23/h3-11,16-17,27-28,31,38-39H,12-15,18-20H2,1-2H3. The maximum atomic E-state index is 14.9. The summed E-state index contributed by atoms with van der Waals surface area (Å²) in [5.74, 6) is -3.58. The molecule has 2 atom stereocenters. The van der Waals surface area contributed by atoms with Crippen LogP contribution in [0.25, 0.3) is 0 Å². The van der Waals surface area contributed by atoms with Gasteiger partial charge in [0.25, 0.3) is 0 Å². The van der Waals surface area contributed by atoms with E-state index in [1.165, 1.54) is 30.3 Å². The zero-order chi connectivity index (χ0) is 30.0. The summed E-state index contributed by atoms with van der Waals surface area (Å²) in [6.07, 6.45) is 0. The first-order valence-electron chi connectivity index (χ1n) is 14.2. The normalized spacial score (nSPS) is 21.7. The van der Waals surface area contributed by atoms with Crippen LogP contribution < -0.4 is 0 Å². The van der Waals surface area contributed by atoms with Crippen molar-refractivity contribution in [3.8, 4) is 11.5 Å². The average molecular weight is 574 g/mol. The average Bonchev–Trinajstić information content (AvgIpc) is 2.98. The van der Waals surface area contributed by atoms with Crippen LogP contribution in [0, 0.1) is 24.6 Å². The van der Waals surface area contributed by atoms with Crippen LogP contribution in [0.5, 0.6) is 11.5 Å². The lowest BCUT2D eigenvalue weighted by Gasteiger charge is -2.44. The number of likely N-dealkylation sites (N-methyl/N-ethyl adjacent to an activating group) is 1. The highest BCUT2D eigenvalue weighted by atomic mass is 19.1. The van der Waals surface area contributed by atoms with Crippen molar-refractivity contribution in [1.82, 2.24) is 14.7 Å². The fourth-order valence-corrected chi connectivity index (χ4v) is 6.27. The summed E-state index contributed by atoms with van der Waals surface area (Å²) < 4.78 is 14.9. The molecule has 2 heterocycles. The van der Waals surface area contributed by atoms with E-state index in [4.69, 9.17) is 0 Å². The van der Waals surface area contributed by atoms with E-state index < -0.39 is 23.6 Å². The van der Waals surface area contributed by atoms with Gasteiger partial charge < -0.3 is 20.0 Å². The van der Waals surface area contributed by atoms with Gasteiger partial charge in [-0.05, 0) is 55.4 Å². The molecule has 8 nitrogen and oxygen atoms in total. The largest absolute Gasteiger partial charge is 0.508 e. The van der Waals surface area contributed by atoms with Crippen LogP contribution in [0.1, 0.15) is 37.8 Å². The molecule has 0 radical (unpaired) electrons. The third kappa shape index (κ3) is 6.22. The zero-order valence-corrected chi connectivity index (χ0v) is 23.9. The Kier molecular flexibility index (Phi) is 8.70. The first kappa shape index (κ1) is 29.4. The molecule has 0 saturated carbocycles. The van der Waals surface area contributed by atoms with Crippen molar-refractivity contribution in [2.75, 3.05) is 52.9 Å². The number of hydrogen-bond acceptors (Lipinski definition) is 7. The number of hydrogen-bond donors (Lipinski definition) is 2. The van der Waals surface area contributed by atoms with Gasteiger partial charge in [0.05, 0.1) is 6.54 Å². The number of phenols is 2. The van der Waals surface area contributed by atoms with E-state index in [0.29, 0.717) is 24.2 Å². The van der Waals surface area contributed by atoms with Crippen molar-refractivity contribution in [3.63, 3.8) is 0 Å². The summed E-state index contributed by atoms with van der Waals surface area (Å²) in [6, 6.07) is 16.8. The molecule has 0 aromatic heterocycles. The number of rotatable bonds is 7. The Morgan fingerprint density at radius 3 is 1.86 bits per heavy atom. The molecular weight excluding hydrogens is 537 g/mol. The summed E-state index contributed by atoms with van der Waals surface area (Å²) in [5, 5.41) is 20.3. The van der Waals surface area contributed by atoms with Crippen LogP contribution in [0.3, 0.4) is 0 Å². The third-order valence-corrected chi connectivity index (χ3v) is 8.60. The lowest BCUT2D eigenvalue weighted by molar-refractivity contribution is -0.134. The first-order chi connectivity index (χ1) is 20.1. The number of ketones is 2. The molecule has 2 unspecified atom stereocenters. The molecule has 5 rings (SSSR count). The highest BCUT2D eigenvalue weighted by Gasteiger charge is 2.46. The van der Waals surface area contributed by atoms with Crippen LogP contribution in [-0.2, 0) is 4.79 Å². The number of piperidine rings is 1. The highest BCUT2D eigenvalue weighted by molar-refractivity contribution is 6.02. The molecule has 2 aliphatic heterocycles. The number of aromatic hydroxyl groups is 2. The van der Waals surface area contributed by atoms with Gasteiger partial charge in [0, 0.05) is 68.1 Å². The number of amides is 1. The highest BCUT2D eigenvalue weighted by Crippen LogP contribution is 2.42. The maximum Gasteiger partial charge on any atom is 0.236 e. The van der Waals surface area contributed by atoms with Gasteiger partial charge in [-0.25, -0.2) is 4.39 Å². The monoisotopic (exact) mass is 573 g/mol. The Hall–Kier alpha value is -4.08. The Labute approximate surface area is 245 Å². The van der Waals surface area contributed by atoms with Gasteiger partial charge in [-0.15, -0.1) is 0 Å². The molecule has 0 aliphatic carbocycles. The Morgan fingerprint density at radius 2 is 1.33 bits per heavy atom. The van der Waals surface area contributed by atoms with Gasteiger partial charge in [0.2, 0.25) is 5.91 Å². The number of likely N-dealkylation sites (tertiary alicyclic amines) is 1. The van der Waals surface area contributed by atoms with Gasteiger partial charge in [0.1, 0.15) is 17.3 Å². The van der Waals surface area contributed by atoms with E-state index >= 15 is 0 Å². The smallest absolute Gasteiger partial charge is 0.236 e. The molecule has 220 valence electrons. The minimum atomic E-state index is -0.812. The molecule has 2 fully saturated rings. The van der Waals surface area contributed by atoms with Crippen molar-refractivity contribution in [3.05, 3.63) is 94.8 Å². The Bertz CT molecular complexity index is 1420. The van der Waals surface area contributed by atoms with Gasteiger partial charge in [-0.3, -0.25) is 19.3 Å². The van der Waals surface area contributed by atoms with Crippen LogP contribution in [0.15, 0.2) is 66.7 Å². The number of piperazine rings is 1. The fourth-order valence-electron chi connectivity index (χ4n) is 6.27. The van der Waals surface area contributed by atoms with Crippen molar-refractivity contribution in [2.45, 2.75) is 12.8 Å². The second-order valence-electron chi connectivity index (χ2n) is 11.4. The summed E-state index contributed by atoms with van der Waals surface area (Å²) in [7, 11) is 2.01. The van der Waals surface area contributed by atoms with Crippen molar-refractivity contribution < 1.29 is 29.0 Å². The first-order valence-corrected chi connectivity index (χ1v) is 14.2. The van der Waals surface area contributed by atoms with Crippen molar-refractivity contribution in [1.29, 1.82) is 0 Å². The predicted octanol–water partition coefficient (Wildman–Crippen LogP) is 3.72. The Morgan fingerprint density at radius 1 is 0.810 bits per heavy atom. The number of halogens is 1. The van der Waals surface area contributed by atoms with E-state index in [0.717, 1.165) is 13.1 Å².